The third-order valence-electron chi connectivity index (χ3n) is 1.42. The van der Waals surface area contributed by atoms with Crippen molar-refractivity contribution >= 4 is 31.7 Å². The molecular formula is C6H10O3S3. The Kier molecular flexibility index (Phi) is 3.95. The van der Waals surface area contributed by atoms with Crippen LogP contribution in [0.15, 0.2) is 11.5 Å². The average molecular weight is 226 g/mol. The van der Waals surface area contributed by atoms with Gasteiger partial charge in [0.05, 0.1) is 5.75 Å². The largest absolute Gasteiger partial charge is 0.286 e. The highest BCUT2D eigenvalue weighted by molar-refractivity contribution is 8.78. The molecule has 1 rings (SSSR count). The molecule has 1 atom stereocenters. The molecule has 0 spiro atoms. The first kappa shape index (κ1) is 10.4. The highest BCUT2D eigenvalue weighted by Gasteiger charge is 2.12. The summed E-state index contributed by atoms with van der Waals surface area (Å²) in [6.45, 7) is 0. The summed E-state index contributed by atoms with van der Waals surface area (Å²) >= 11 is 0. The minimum Gasteiger partial charge on any atom is -0.286 e. The Bertz CT molecular complexity index is 257. The molecule has 1 aliphatic heterocycles. The summed E-state index contributed by atoms with van der Waals surface area (Å²) in [5.41, 5.74) is 0. The lowest BCUT2D eigenvalue weighted by Gasteiger charge is -2.03. The van der Waals surface area contributed by atoms with E-state index in [-0.39, 0.29) is 5.75 Å². The van der Waals surface area contributed by atoms with Gasteiger partial charge in [0.15, 0.2) is 0 Å². The molecule has 0 bridgehead atoms. The Morgan fingerprint density at radius 1 is 1.50 bits per heavy atom. The van der Waals surface area contributed by atoms with Crippen molar-refractivity contribution in [3.8, 4) is 0 Å². The smallest absolute Gasteiger partial charge is 0.264 e. The molecule has 0 aliphatic carbocycles. The third-order valence-corrected chi connectivity index (χ3v) is 4.65. The summed E-state index contributed by atoms with van der Waals surface area (Å²) in [5.74, 6) is -0.122. The highest BCUT2D eigenvalue weighted by Crippen LogP contribution is 2.37. The van der Waals surface area contributed by atoms with Crippen LogP contribution in [-0.2, 0) is 10.1 Å². The summed E-state index contributed by atoms with van der Waals surface area (Å²) < 4.78 is 29.1. The van der Waals surface area contributed by atoms with Crippen molar-refractivity contribution in [2.45, 2.75) is 18.1 Å². The Hall–Kier alpha value is 0.350. The van der Waals surface area contributed by atoms with E-state index in [9.17, 15) is 8.42 Å². The zero-order chi connectivity index (χ0) is 9.03. The van der Waals surface area contributed by atoms with E-state index in [1.54, 1.807) is 21.6 Å². The van der Waals surface area contributed by atoms with Gasteiger partial charge in [-0.25, -0.2) is 0 Å². The lowest BCUT2D eigenvalue weighted by atomic mass is 10.2. The molecule has 0 aromatic rings. The molecule has 1 aliphatic rings. The summed E-state index contributed by atoms with van der Waals surface area (Å²) in [6, 6.07) is 0. The molecule has 12 heavy (non-hydrogen) atoms. The van der Waals surface area contributed by atoms with E-state index in [1.807, 2.05) is 5.41 Å². The predicted molar refractivity (Wildman–Crippen MR) is 53.8 cm³/mol. The molecule has 0 aromatic heterocycles. The van der Waals surface area contributed by atoms with Gasteiger partial charge in [0.25, 0.3) is 10.1 Å². The molecule has 1 N–H and O–H groups in total. The van der Waals surface area contributed by atoms with Gasteiger partial charge < -0.3 is 0 Å². The topological polar surface area (TPSA) is 54.4 Å². The molecule has 1 unspecified atom stereocenters. The molecule has 0 radical (unpaired) electrons. The first-order valence-electron chi connectivity index (χ1n) is 3.52. The predicted octanol–water partition coefficient (Wildman–Crippen LogP) is 1.93. The van der Waals surface area contributed by atoms with Crippen LogP contribution < -0.4 is 0 Å². The molecule has 1 heterocycles. The fraction of sp³-hybridized carbons (Fsp3) is 0.667. The first-order chi connectivity index (χ1) is 5.58. The van der Waals surface area contributed by atoms with E-state index in [1.165, 1.54) is 0 Å². The Labute approximate surface area is 80.1 Å². The summed E-state index contributed by atoms with van der Waals surface area (Å²) in [6.07, 6.45) is 3.40. The van der Waals surface area contributed by atoms with Gasteiger partial charge in [-0.3, -0.25) is 4.55 Å². The molecule has 3 nitrogen and oxygen atoms in total. The molecule has 0 aromatic carbocycles. The molecule has 0 amide bonds. The van der Waals surface area contributed by atoms with E-state index in [0.29, 0.717) is 11.7 Å². The molecule has 70 valence electrons. The van der Waals surface area contributed by atoms with E-state index in [4.69, 9.17) is 4.55 Å². The monoisotopic (exact) mass is 226 g/mol. The van der Waals surface area contributed by atoms with Crippen LogP contribution >= 0.6 is 21.6 Å². The molecule has 0 saturated carbocycles. The van der Waals surface area contributed by atoms with Crippen LogP contribution in [0.25, 0.3) is 0 Å². The van der Waals surface area contributed by atoms with Gasteiger partial charge in [0.2, 0.25) is 0 Å². The van der Waals surface area contributed by atoms with Gasteiger partial charge in [0, 0.05) is 5.25 Å². The lowest BCUT2D eigenvalue weighted by Crippen LogP contribution is -2.05. The SMILES string of the molecule is O=S(=O)(O)CCCC1C=CSS1. The van der Waals surface area contributed by atoms with Gasteiger partial charge in [-0.15, -0.1) is 0 Å². The first-order valence-corrected chi connectivity index (χ1v) is 7.40. The van der Waals surface area contributed by atoms with Crippen molar-refractivity contribution in [2.75, 3.05) is 5.75 Å². The van der Waals surface area contributed by atoms with Crippen molar-refractivity contribution in [3.63, 3.8) is 0 Å². The van der Waals surface area contributed by atoms with Crippen LogP contribution in [0.5, 0.6) is 0 Å². The normalized spacial score (nSPS) is 23.2. The minimum atomic E-state index is -3.76. The van der Waals surface area contributed by atoms with Gasteiger partial charge in [-0.2, -0.15) is 8.42 Å². The van der Waals surface area contributed by atoms with Crippen LogP contribution in [0.4, 0.5) is 0 Å². The standard InChI is InChI=1S/C6H10O3S3/c7-12(8,9)5-1-2-6-3-4-10-11-6/h3-4,6H,1-2,5H2,(H,7,8,9). The maximum absolute atomic E-state index is 10.3. The van der Waals surface area contributed by atoms with Crippen molar-refractivity contribution in [2.24, 2.45) is 0 Å². The fourth-order valence-electron chi connectivity index (χ4n) is 0.866. The van der Waals surface area contributed by atoms with Crippen LogP contribution in [0.2, 0.25) is 0 Å². The van der Waals surface area contributed by atoms with Gasteiger partial charge in [-0.05, 0) is 18.2 Å². The average Bonchev–Trinajstić information content (AvgIpc) is 2.36. The molecular weight excluding hydrogens is 216 g/mol. The second-order valence-corrected chi connectivity index (χ2v) is 6.48. The van der Waals surface area contributed by atoms with E-state index >= 15 is 0 Å². The summed E-state index contributed by atoms with van der Waals surface area (Å²) in [7, 11) is -0.370. The van der Waals surface area contributed by atoms with Crippen LogP contribution in [0.3, 0.4) is 0 Å². The van der Waals surface area contributed by atoms with Crippen LogP contribution in [0, 0.1) is 0 Å². The summed E-state index contributed by atoms with van der Waals surface area (Å²) in [4.78, 5) is 0. The third kappa shape index (κ3) is 4.39. The molecule has 0 fully saturated rings. The van der Waals surface area contributed by atoms with Crippen LogP contribution in [0.1, 0.15) is 12.8 Å². The van der Waals surface area contributed by atoms with Crippen molar-refractivity contribution in [1.82, 2.24) is 0 Å². The van der Waals surface area contributed by atoms with Gasteiger partial charge >= 0.3 is 0 Å². The molecule has 0 saturated heterocycles. The van der Waals surface area contributed by atoms with Gasteiger partial charge in [-0.1, -0.05) is 27.7 Å². The maximum Gasteiger partial charge on any atom is 0.264 e. The fourth-order valence-corrected chi connectivity index (χ4v) is 3.66. The van der Waals surface area contributed by atoms with Crippen molar-refractivity contribution in [3.05, 3.63) is 11.5 Å². The zero-order valence-electron chi connectivity index (χ0n) is 6.34. The number of hydrogen-bond acceptors (Lipinski definition) is 4. The maximum atomic E-state index is 10.3. The van der Waals surface area contributed by atoms with Crippen LogP contribution in [-0.4, -0.2) is 24.0 Å². The Balaban J connectivity index is 2.14. The second-order valence-electron chi connectivity index (χ2n) is 2.49. The minimum absolute atomic E-state index is 0.122. The van der Waals surface area contributed by atoms with E-state index in [0.717, 1.165) is 6.42 Å². The Morgan fingerprint density at radius 3 is 2.75 bits per heavy atom. The summed E-state index contributed by atoms with van der Waals surface area (Å²) in [5, 5.41) is 2.42. The highest BCUT2D eigenvalue weighted by atomic mass is 33.1. The quantitative estimate of drug-likeness (QED) is 0.586. The van der Waals surface area contributed by atoms with E-state index in [2.05, 4.69) is 6.08 Å². The van der Waals surface area contributed by atoms with Crippen molar-refractivity contribution in [1.29, 1.82) is 0 Å². The zero-order valence-corrected chi connectivity index (χ0v) is 8.79. The Morgan fingerprint density at radius 2 is 2.25 bits per heavy atom. The second kappa shape index (κ2) is 4.55. The number of rotatable bonds is 4. The van der Waals surface area contributed by atoms with E-state index < -0.39 is 10.1 Å². The van der Waals surface area contributed by atoms with Crippen molar-refractivity contribution < 1.29 is 13.0 Å². The number of hydrogen-bond donors (Lipinski definition) is 1. The van der Waals surface area contributed by atoms with Gasteiger partial charge in [0.1, 0.15) is 0 Å². The lowest BCUT2D eigenvalue weighted by molar-refractivity contribution is 0.480. The molecule has 6 heteroatoms.